The van der Waals surface area contributed by atoms with Gasteiger partial charge < -0.3 is 5.73 Å². The highest BCUT2D eigenvalue weighted by Gasteiger charge is 2.06. The Morgan fingerprint density at radius 3 is 2.92 bits per heavy atom. The Kier molecular flexibility index (Phi) is 3.23. The fraction of sp³-hybridized carbons (Fsp3) is 0.500. The Labute approximate surface area is 73.8 Å². The summed E-state index contributed by atoms with van der Waals surface area (Å²) < 4.78 is 0. The molecular weight excluding hydrogens is 148 g/mol. The molecule has 66 valence electrons. The number of hydrogen-bond donors (Lipinski definition) is 1. The van der Waals surface area contributed by atoms with E-state index in [0.29, 0.717) is 0 Å². The van der Waals surface area contributed by atoms with Crippen LogP contribution in [-0.2, 0) is 0 Å². The first-order valence-corrected chi connectivity index (χ1v) is 4.41. The maximum atomic E-state index is 5.98. The minimum Gasteiger partial charge on any atom is -0.324 e. The zero-order chi connectivity index (χ0) is 8.97. The number of rotatable bonds is 3. The molecule has 0 spiro atoms. The third-order valence-corrected chi connectivity index (χ3v) is 2.06. The summed E-state index contributed by atoms with van der Waals surface area (Å²) in [5.41, 5.74) is 8.40. The second kappa shape index (κ2) is 4.21. The van der Waals surface area contributed by atoms with Crippen molar-refractivity contribution in [3.63, 3.8) is 0 Å². The van der Waals surface area contributed by atoms with Crippen LogP contribution in [0, 0.1) is 6.92 Å². The highest BCUT2D eigenvalue weighted by Crippen LogP contribution is 2.17. The molecule has 2 nitrogen and oxygen atoms in total. The van der Waals surface area contributed by atoms with Crippen molar-refractivity contribution in [2.24, 2.45) is 5.73 Å². The van der Waals surface area contributed by atoms with E-state index in [1.165, 1.54) is 11.1 Å². The Bertz CT molecular complexity index is 245. The SMILES string of the molecule is CCC[C@@H](N)c1ccncc1C. The van der Waals surface area contributed by atoms with Gasteiger partial charge in [-0.25, -0.2) is 0 Å². The van der Waals surface area contributed by atoms with E-state index in [0.717, 1.165) is 12.8 Å². The largest absolute Gasteiger partial charge is 0.324 e. The maximum absolute atomic E-state index is 5.98. The van der Waals surface area contributed by atoms with Gasteiger partial charge in [-0.3, -0.25) is 4.98 Å². The van der Waals surface area contributed by atoms with Crippen LogP contribution in [-0.4, -0.2) is 4.98 Å². The van der Waals surface area contributed by atoms with Gasteiger partial charge >= 0.3 is 0 Å². The lowest BCUT2D eigenvalue weighted by Gasteiger charge is -2.12. The first-order chi connectivity index (χ1) is 5.75. The minimum atomic E-state index is 0.179. The molecule has 0 aliphatic heterocycles. The predicted molar refractivity (Wildman–Crippen MR) is 50.8 cm³/mol. The quantitative estimate of drug-likeness (QED) is 0.743. The van der Waals surface area contributed by atoms with E-state index in [9.17, 15) is 0 Å². The average molecular weight is 164 g/mol. The lowest BCUT2D eigenvalue weighted by Crippen LogP contribution is -2.11. The summed E-state index contributed by atoms with van der Waals surface area (Å²) in [5.74, 6) is 0. The van der Waals surface area contributed by atoms with E-state index in [-0.39, 0.29) is 6.04 Å². The second-order valence-electron chi connectivity index (χ2n) is 3.13. The van der Waals surface area contributed by atoms with Gasteiger partial charge in [0.2, 0.25) is 0 Å². The first kappa shape index (κ1) is 9.20. The Morgan fingerprint density at radius 2 is 2.33 bits per heavy atom. The Balaban J connectivity index is 2.79. The molecule has 0 aromatic carbocycles. The molecule has 2 heteroatoms. The van der Waals surface area contributed by atoms with Gasteiger partial charge in [-0.15, -0.1) is 0 Å². The molecule has 1 atom stereocenters. The number of nitrogens with zero attached hydrogens (tertiary/aromatic N) is 1. The van der Waals surface area contributed by atoms with Crippen molar-refractivity contribution in [3.05, 3.63) is 29.6 Å². The monoisotopic (exact) mass is 164 g/mol. The van der Waals surface area contributed by atoms with Crippen molar-refractivity contribution in [3.8, 4) is 0 Å². The van der Waals surface area contributed by atoms with Gasteiger partial charge in [-0.05, 0) is 30.5 Å². The zero-order valence-corrected chi connectivity index (χ0v) is 7.75. The van der Waals surface area contributed by atoms with E-state index in [4.69, 9.17) is 5.73 Å². The fourth-order valence-corrected chi connectivity index (χ4v) is 1.37. The standard InChI is InChI=1S/C10H16N2/c1-3-4-10(11)9-5-6-12-7-8(9)2/h5-7,10H,3-4,11H2,1-2H3/t10-/m1/s1. The topological polar surface area (TPSA) is 38.9 Å². The van der Waals surface area contributed by atoms with Crippen LogP contribution >= 0.6 is 0 Å². The molecule has 0 fully saturated rings. The van der Waals surface area contributed by atoms with Crippen LogP contribution in [0.3, 0.4) is 0 Å². The normalized spacial score (nSPS) is 12.9. The smallest absolute Gasteiger partial charge is 0.0300 e. The maximum Gasteiger partial charge on any atom is 0.0300 e. The number of pyridine rings is 1. The van der Waals surface area contributed by atoms with Gasteiger partial charge in [0.1, 0.15) is 0 Å². The van der Waals surface area contributed by atoms with E-state index in [2.05, 4.69) is 18.8 Å². The van der Waals surface area contributed by atoms with E-state index in [1.54, 1.807) is 6.20 Å². The van der Waals surface area contributed by atoms with Crippen LogP contribution in [0.25, 0.3) is 0 Å². The molecule has 1 rings (SSSR count). The Hall–Kier alpha value is -0.890. The second-order valence-corrected chi connectivity index (χ2v) is 3.13. The first-order valence-electron chi connectivity index (χ1n) is 4.41. The van der Waals surface area contributed by atoms with Crippen LogP contribution in [0.2, 0.25) is 0 Å². The van der Waals surface area contributed by atoms with Gasteiger partial charge in [-0.1, -0.05) is 13.3 Å². The molecular formula is C10H16N2. The summed E-state index contributed by atoms with van der Waals surface area (Å²) in [6, 6.07) is 2.19. The van der Waals surface area contributed by atoms with Crippen LogP contribution in [0.4, 0.5) is 0 Å². The zero-order valence-electron chi connectivity index (χ0n) is 7.75. The summed E-state index contributed by atoms with van der Waals surface area (Å²) in [6.45, 7) is 4.20. The Morgan fingerprint density at radius 1 is 1.58 bits per heavy atom. The molecule has 0 radical (unpaired) electrons. The van der Waals surface area contributed by atoms with Gasteiger partial charge in [0.05, 0.1) is 0 Å². The van der Waals surface area contributed by atoms with Gasteiger partial charge in [-0.2, -0.15) is 0 Å². The van der Waals surface area contributed by atoms with Gasteiger partial charge in [0.25, 0.3) is 0 Å². The summed E-state index contributed by atoms with van der Waals surface area (Å²) >= 11 is 0. The molecule has 0 aliphatic carbocycles. The molecule has 0 saturated heterocycles. The van der Waals surface area contributed by atoms with Crippen LogP contribution in [0.15, 0.2) is 18.5 Å². The molecule has 0 bridgehead atoms. The predicted octanol–water partition coefficient (Wildman–Crippen LogP) is 2.19. The lowest BCUT2D eigenvalue weighted by molar-refractivity contribution is 0.634. The summed E-state index contributed by atoms with van der Waals surface area (Å²) in [7, 11) is 0. The van der Waals surface area contributed by atoms with Crippen molar-refractivity contribution < 1.29 is 0 Å². The molecule has 0 amide bonds. The number of aryl methyl sites for hydroxylation is 1. The van der Waals surface area contributed by atoms with Gasteiger partial charge in [0.15, 0.2) is 0 Å². The van der Waals surface area contributed by atoms with E-state index < -0.39 is 0 Å². The van der Waals surface area contributed by atoms with Crippen molar-refractivity contribution in [2.75, 3.05) is 0 Å². The van der Waals surface area contributed by atoms with Crippen LogP contribution in [0.5, 0.6) is 0 Å². The highest BCUT2D eigenvalue weighted by molar-refractivity contribution is 5.24. The van der Waals surface area contributed by atoms with Crippen molar-refractivity contribution >= 4 is 0 Å². The summed E-state index contributed by atoms with van der Waals surface area (Å²) in [5, 5.41) is 0. The molecule has 0 aliphatic rings. The fourth-order valence-electron chi connectivity index (χ4n) is 1.37. The van der Waals surface area contributed by atoms with E-state index in [1.807, 2.05) is 12.3 Å². The molecule has 1 heterocycles. The molecule has 2 N–H and O–H groups in total. The summed E-state index contributed by atoms with van der Waals surface area (Å²) in [6.07, 6.45) is 5.84. The van der Waals surface area contributed by atoms with Gasteiger partial charge in [0, 0.05) is 18.4 Å². The number of hydrogen-bond acceptors (Lipinski definition) is 2. The molecule has 0 saturated carbocycles. The van der Waals surface area contributed by atoms with Crippen molar-refractivity contribution in [2.45, 2.75) is 32.7 Å². The number of nitrogens with two attached hydrogens (primary N) is 1. The minimum absolute atomic E-state index is 0.179. The number of aromatic nitrogens is 1. The molecule has 0 unspecified atom stereocenters. The highest BCUT2D eigenvalue weighted by atomic mass is 14.7. The molecule has 12 heavy (non-hydrogen) atoms. The van der Waals surface area contributed by atoms with Crippen LogP contribution < -0.4 is 5.73 Å². The lowest BCUT2D eigenvalue weighted by atomic mass is 10.0. The van der Waals surface area contributed by atoms with Crippen molar-refractivity contribution in [1.29, 1.82) is 0 Å². The summed E-state index contributed by atoms with van der Waals surface area (Å²) in [4.78, 5) is 4.03. The average Bonchev–Trinajstić information content (AvgIpc) is 2.05. The van der Waals surface area contributed by atoms with Crippen molar-refractivity contribution in [1.82, 2.24) is 4.98 Å². The third kappa shape index (κ3) is 2.05. The molecule has 1 aromatic heterocycles. The third-order valence-electron chi connectivity index (χ3n) is 2.06. The molecule has 1 aromatic rings. The van der Waals surface area contributed by atoms with E-state index >= 15 is 0 Å². The van der Waals surface area contributed by atoms with Crippen LogP contribution in [0.1, 0.15) is 36.9 Å².